The van der Waals surface area contributed by atoms with E-state index < -0.39 is 48.4 Å². The van der Waals surface area contributed by atoms with Crippen molar-refractivity contribution in [3.05, 3.63) is 0 Å². The molecule has 0 rings (SSSR count). The Morgan fingerprint density at radius 2 is 1.57 bits per heavy atom. The van der Waals surface area contributed by atoms with Gasteiger partial charge in [0.2, 0.25) is 17.7 Å². The molecule has 4 unspecified atom stereocenters. The first-order valence-electron chi connectivity index (χ1n) is 9.39. The minimum Gasteiger partial charge on any atom is -0.480 e. The van der Waals surface area contributed by atoms with Crippen LogP contribution in [-0.2, 0) is 19.2 Å². The predicted molar refractivity (Wildman–Crippen MR) is 110 cm³/mol. The van der Waals surface area contributed by atoms with Gasteiger partial charge in [0.05, 0.1) is 6.04 Å². The summed E-state index contributed by atoms with van der Waals surface area (Å²) in [4.78, 5) is 48.1. The molecule has 0 aromatic heterocycles. The van der Waals surface area contributed by atoms with E-state index >= 15 is 0 Å². The molecular formula is C18H34N4O5S. The molecular weight excluding hydrogens is 384 g/mol. The highest BCUT2D eigenvalue weighted by Gasteiger charge is 2.32. The van der Waals surface area contributed by atoms with Gasteiger partial charge in [0.15, 0.2) is 0 Å². The van der Waals surface area contributed by atoms with Crippen LogP contribution in [0.25, 0.3) is 0 Å². The lowest BCUT2D eigenvalue weighted by Crippen LogP contribution is -2.58. The number of hydrogen-bond donors (Lipinski definition) is 5. The second-order valence-electron chi connectivity index (χ2n) is 7.10. The molecule has 3 amide bonds. The monoisotopic (exact) mass is 418 g/mol. The molecule has 10 heteroatoms. The fourth-order valence-electron chi connectivity index (χ4n) is 2.39. The summed E-state index contributed by atoms with van der Waals surface area (Å²) in [5.74, 6) is -2.38. The van der Waals surface area contributed by atoms with Crippen LogP contribution in [0.4, 0.5) is 0 Å². The van der Waals surface area contributed by atoms with E-state index in [1.807, 2.05) is 13.2 Å². The summed E-state index contributed by atoms with van der Waals surface area (Å²) in [6, 6.07) is -2.47. The van der Waals surface area contributed by atoms with Crippen LogP contribution in [-0.4, -0.2) is 65.5 Å². The highest BCUT2D eigenvalue weighted by atomic mass is 32.2. The molecule has 0 aliphatic rings. The first-order chi connectivity index (χ1) is 13.0. The molecule has 0 fully saturated rings. The molecule has 0 saturated heterocycles. The predicted octanol–water partition coefficient (Wildman–Crippen LogP) is -0.0607. The van der Waals surface area contributed by atoms with Gasteiger partial charge >= 0.3 is 5.97 Å². The van der Waals surface area contributed by atoms with Crippen molar-refractivity contribution in [2.75, 3.05) is 18.6 Å². The average Bonchev–Trinajstić information content (AvgIpc) is 2.64. The molecule has 0 aromatic rings. The summed E-state index contributed by atoms with van der Waals surface area (Å²) >= 11 is 1.58. The Hall–Kier alpha value is -1.81. The summed E-state index contributed by atoms with van der Waals surface area (Å²) in [6.45, 7) is 6.67. The second kappa shape index (κ2) is 13.4. The molecule has 0 aromatic carbocycles. The highest BCUT2D eigenvalue weighted by Crippen LogP contribution is 2.10. The van der Waals surface area contributed by atoms with E-state index in [2.05, 4.69) is 16.0 Å². The zero-order chi connectivity index (χ0) is 21.9. The van der Waals surface area contributed by atoms with Crippen molar-refractivity contribution in [1.29, 1.82) is 0 Å². The molecule has 0 radical (unpaired) electrons. The summed E-state index contributed by atoms with van der Waals surface area (Å²) in [5, 5.41) is 16.3. The Morgan fingerprint density at radius 1 is 1.00 bits per heavy atom. The van der Waals surface area contributed by atoms with Crippen LogP contribution in [0.2, 0.25) is 0 Å². The normalized spacial score (nSPS) is 15.2. The van der Waals surface area contributed by atoms with Gasteiger partial charge in [0, 0.05) is 0 Å². The summed E-state index contributed by atoms with van der Waals surface area (Å²) in [7, 11) is 0. The molecule has 0 bridgehead atoms. The van der Waals surface area contributed by atoms with E-state index in [1.54, 1.807) is 32.5 Å². The Kier molecular flexibility index (Phi) is 12.5. The summed E-state index contributed by atoms with van der Waals surface area (Å²) in [5.41, 5.74) is 5.86. The van der Waals surface area contributed by atoms with Crippen LogP contribution in [0.15, 0.2) is 0 Å². The lowest BCUT2D eigenvalue weighted by molar-refractivity contribution is -0.139. The summed E-state index contributed by atoms with van der Waals surface area (Å²) < 4.78 is 0. The van der Waals surface area contributed by atoms with Gasteiger partial charge in [0.25, 0.3) is 0 Å². The number of carbonyl (C=O) groups is 4. The fourth-order valence-corrected chi connectivity index (χ4v) is 2.88. The molecule has 9 nitrogen and oxygen atoms in total. The largest absolute Gasteiger partial charge is 0.480 e. The van der Waals surface area contributed by atoms with Gasteiger partial charge in [0.1, 0.15) is 18.6 Å². The van der Waals surface area contributed by atoms with E-state index in [0.717, 1.165) is 5.75 Å². The van der Waals surface area contributed by atoms with Crippen LogP contribution in [0.3, 0.4) is 0 Å². The van der Waals surface area contributed by atoms with Gasteiger partial charge in [-0.15, -0.1) is 0 Å². The van der Waals surface area contributed by atoms with E-state index in [0.29, 0.717) is 12.8 Å². The average molecular weight is 419 g/mol. The number of carbonyl (C=O) groups excluding carboxylic acids is 3. The van der Waals surface area contributed by atoms with Gasteiger partial charge in [-0.1, -0.05) is 34.1 Å². The van der Waals surface area contributed by atoms with Gasteiger partial charge in [-0.2, -0.15) is 11.8 Å². The minimum absolute atomic E-state index is 0.218. The lowest BCUT2D eigenvalue weighted by atomic mass is 9.96. The van der Waals surface area contributed by atoms with Crippen LogP contribution < -0.4 is 21.7 Å². The molecule has 0 heterocycles. The number of thioether (sulfide) groups is 1. The zero-order valence-corrected chi connectivity index (χ0v) is 18.1. The van der Waals surface area contributed by atoms with Crippen molar-refractivity contribution < 1.29 is 24.3 Å². The van der Waals surface area contributed by atoms with Crippen molar-refractivity contribution in [3.63, 3.8) is 0 Å². The highest BCUT2D eigenvalue weighted by molar-refractivity contribution is 7.98. The number of amides is 3. The third-order valence-electron chi connectivity index (χ3n) is 4.42. The number of rotatable bonds is 13. The topological polar surface area (TPSA) is 151 Å². The molecule has 0 spiro atoms. The SMILES string of the molecule is CCC(C)C(NC(=O)C(NC(=O)C(N)CCSC)C(C)C)C(=O)NCC(=O)O. The first kappa shape index (κ1) is 26.2. The quantitative estimate of drug-likeness (QED) is 0.281. The van der Waals surface area contributed by atoms with Crippen LogP contribution in [0.5, 0.6) is 0 Å². The maximum absolute atomic E-state index is 12.8. The van der Waals surface area contributed by atoms with E-state index in [-0.39, 0.29) is 11.8 Å². The molecule has 28 heavy (non-hydrogen) atoms. The van der Waals surface area contributed by atoms with Crippen molar-refractivity contribution in [1.82, 2.24) is 16.0 Å². The number of nitrogens with one attached hydrogen (secondary N) is 3. The lowest BCUT2D eigenvalue weighted by Gasteiger charge is -2.28. The Bertz CT molecular complexity index is 544. The molecule has 4 atom stereocenters. The number of aliphatic carboxylic acids is 1. The van der Waals surface area contributed by atoms with Gasteiger partial charge in [-0.05, 0) is 30.3 Å². The van der Waals surface area contributed by atoms with Gasteiger partial charge < -0.3 is 26.8 Å². The Morgan fingerprint density at radius 3 is 2.04 bits per heavy atom. The van der Waals surface area contributed by atoms with E-state index in [9.17, 15) is 19.2 Å². The number of hydrogen-bond acceptors (Lipinski definition) is 6. The third-order valence-corrected chi connectivity index (χ3v) is 5.07. The van der Waals surface area contributed by atoms with Crippen molar-refractivity contribution in [2.45, 2.75) is 58.7 Å². The fraction of sp³-hybridized carbons (Fsp3) is 0.778. The molecule has 162 valence electrons. The zero-order valence-electron chi connectivity index (χ0n) is 17.3. The van der Waals surface area contributed by atoms with Crippen molar-refractivity contribution >= 4 is 35.5 Å². The Labute approximate surface area is 170 Å². The van der Waals surface area contributed by atoms with Crippen LogP contribution >= 0.6 is 11.8 Å². The van der Waals surface area contributed by atoms with E-state index in [1.165, 1.54) is 0 Å². The first-order valence-corrected chi connectivity index (χ1v) is 10.8. The number of nitrogens with two attached hydrogens (primary N) is 1. The molecule has 0 saturated carbocycles. The van der Waals surface area contributed by atoms with Crippen LogP contribution in [0.1, 0.15) is 40.5 Å². The van der Waals surface area contributed by atoms with Crippen LogP contribution in [0, 0.1) is 11.8 Å². The van der Waals surface area contributed by atoms with Gasteiger partial charge in [-0.25, -0.2) is 0 Å². The minimum atomic E-state index is -1.17. The molecule has 0 aliphatic carbocycles. The standard InChI is InChI=1S/C18H34N4O5S/c1-6-11(4)15(17(26)20-9-13(23)24)22-18(27)14(10(2)3)21-16(25)12(19)7-8-28-5/h10-12,14-15H,6-9,19H2,1-5H3,(H,20,26)(H,21,25)(H,22,27)(H,23,24). The Balaban J connectivity index is 5.16. The maximum atomic E-state index is 12.8. The van der Waals surface area contributed by atoms with E-state index in [4.69, 9.17) is 10.8 Å². The maximum Gasteiger partial charge on any atom is 0.322 e. The smallest absolute Gasteiger partial charge is 0.322 e. The second-order valence-corrected chi connectivity index (χ2v) is 8.09. The molecule has 6 N–H and O–H groups in total. The number of carboxylic acid groups (broad SMARTS) is 1. The third kappa shape index (κ3) is 9.41. The summed E-state index contributed by atoms with van der Waals surface area (Å²) in [6.07, 6.45) is 3.01. The van der Waals surface area contributed by atoms with Crippen molar-refractivity contribution in [2.24, 2.45) is 17.6 Å². The molecule has 0 aliphatic heterocycles. The number of carboxylic acids is 1. The van der Waals surface area contributed by atoms with Gasteiger partial charge in [-0.3, -0.25) is 19.2 Å². The van der Waals surface area contributed by atoms with Crippen molar-refractivity contribution in [3.8, 4) is 0 Å².